The molecule has 1 rings (SSSR count). The highest BCUT2D eigenvalue weighted by Crippen LogP contribution is 2.31. The highest BCUT2D eigenvalue weighted by atomic mass is 16.5. The summed E-state index contributed by atoms with van der Waals surface area (Å²) in [5.74, 6) is -0.00824. The molecule has 0 aromatic carbocycles. The summed E-state index contributed by atoms with van der Waals surface area (Å²) in [5.41, 5.74) is -0.835. The molecule has 1 heterocycles. The van der Waals surface area contributed by atoms with Crippen molar-refractivity contribution >= 4 is 5.97 Å². The van der Waals surface area contributed by atoms with Gasteiger partial charge in [0.25, 0.3) is 0 Å². The van der Waals surface area contributed by atoms with Crippen LogP contribution in [0.25, 0.3) is 0 Å². The molecule has 0 saturated carbocycles. The van der Waals surface area contributed by atoms with E-state index in [2.05, 4.69) is 10.1 Å². The average molecular weight is 270 g/mol. The smallest absolute Gasteiger partial charge is 0.310 e. The van der Waals surface area contributed by atoms with Gasteiger partial charge in [-0.25, -0.2) is 0 Å². The third kappa shape index (κ3) is 3.53. The molecule has 0 aliphatic heterocycles. The zero-order valence-electron chi connectivity index (χ0n) is 12.0. The first-order valence-electron chi connectivity index (χ1n) is 6.66. The number of nitrogens with zero attached hydrogens (tertiary/aromatic N) is 2. The Kier molecular flexibility index (Phi) is 5.47. The maximum atomic E-state index is 11.4. The second kappa shape index (κ2) is 6.65. The summed E-state index contributed by atoms with van der Waals surface area (Å²) in [4.78, 5) is 15.6. The number of carboxylic acids is 1. The predicted molar refractivity (Wildman–Crippen MR) is 68.7 cm³/mol. The highest BCUT2D eigenvalue weighted by Gasteiger charge is 2.37. The zero-order valence-corrected chi connectivity index (χ0v) is 12.0. The number of hydrogen-bond donors (Lipinski definition) is 1. The molecule has 1 atom stereocenters. The topological polar surface area (TPSA) is 85.5 Å². The Morgan fingerprint density at radius 1 is 1.42 bits per heavy atom. The van der Waals surface area contributed by atoms with E-state index in [1.165, 1.54) is 0 Å². The van der Waals surface area contributed by atoms with Crippen LogP contribution in [-0.2, 0) is 16.0 Å². The number of aliphatic carboxylic acids is 1. The molecule has 6 heteroatoms. The van der Waals surface area contributed by atoms with Crippen molar-refractivity contribution in [3.8, 4) is 0 Å². The molecule has 0 radical (unpaired) electrons. The molecule has 1 N–H and O–H groups in total. The van der Waals surface area contributed by atoms with E-state index in [0.29, 0.717) is 31.2 Å². The lowest BCUT2D eigenvalue weighted by atomic mass is 9.79. The molecule has 6 nitrogen and oxygen atoms in total. The third-order valence-electron chi connectivity index (χ3n) is 3.56. The largest absolute Gasteiger partial charge is 0.481 e. The molecular formula is C13H22N2O4. The van der Waals surface area contributed by atoms with Gasteiger partial charge in [0.1, 0.15) is 6.10 Å². The van der Waals surface area contributed by atoms with Gasteiger partial charge in [0.2, 0.25) is 5.89 Å². The molecule has 1 aromatic rings. The molecular weight excluding hydrogens is 248 g/mol. The lowest BCUT2D eigenvalue weighted by molar-refractivity contribution is -0.149. The fourth-order valence-corrected chi connectivity index (χ4v) is 2.00. The average Bonchev–Trinajstić information content (AvgIpc) is 2.84. The van der Waals surface area contributed by atoms with Crippen LogP contribution in [0, 0.1) is 5.41 Å². The Morgan fingerprint density at radius 3 is 2.53 bits per heavy atom. The first-order valence-corrected chi connectivity index (χ1v) is 6.66. The van der Waals surface area contributed by atoms with E-state index in [0.717, 1.165) is 0 Å². The van der Waals surface area contributed by atoms with Gasteiger partial charge in [0.15, 0.2) is 5.82 Å². The van der Waals surface area contributed by atoms with Crippen LogP contribution in [0.2, 0.25) is 0 Å². The van der Waals surface area contributed by atoms with Gasteiger partial charge in [-0.3, -0.25) is 4.79 Å². The lowest BCUT2D eigenvalue weighted by Gasteiger charge is -2.24. The molecule has 1 aromatic heterocycles. The molecule has 108 valence electrons. The van der Waals surface area contributed by atoms with Crippen molar-refractivity contribution in [1.29, 1.82) is 0 Å². The number of ether oxygens (including phenoxy) is 1. The fraction of sp³-hybridized carbons (Fsp3) is 0.769. The number of rotatable bonds is 8. The second-order valence-electron chi connectivity index (χ2n) is 4.61. The van der Waals surface area contributed by atoms with Gasteiger partial charge >= 0.3 is 5.97 Å². The first kappa shape index (κ1) is 15.6. The number of aromatic nitrogens is 2. The molecule has 0 aliphatic rings. The maximum absolute atomic E-state index is 11.4. The van der Waals surface area contributed by atoms with Crippen molar-refractivity contribution in [3.63, 3.8) is 0 Å². The Balaban J connectivity index is 2.84. The molecule has 0 saturated heterocycles. The van der Waals surface area contributed by atoms with Crippen molar-refractivity contribution in [1.82, 2.24) is 10.1 Å². The van der Waals surface area contributed by atoms with E-state index < -0.39 is 11.4 Å². The Hall–Kier alpha value is -1.43. The van der Waals surface area contributed by atoms with Crippen LogP contribution in [0.5, 0.6) is 0 Å². The number of carbonyl (C=O) groups is 1. The minimum atomic E-state index is -0.835. The van der Waals surface area contributed by atoms with Crippen molar-refractivity contribution in [2.24, 2.45) is 5.41 Å². The van der Waals surface area contributed by atoms with Crippen LogP contribution >= 0.6 is 0 Å². The minimum absolute atomic E-state index is 0.245. The van der Waals surface area contributed by atoms with E-state index in [1.807, 2.05) is 27.7 Å². The predicted octanol–water partition coefficient (Wildman–Crippen LogP) is 2.60. The fourth-order valence-electron chi connectivity index (χ4n) is 2.00. The first-order chi connectivity index (χ1) is 8.99. The van der Waals surface area contributed by atoms with Gasteiger partial charge in [-0.2, -0.15) is 4.98 Å². The second-order valence-corrected chi connectivity index (χ2v) is 4.61. The molecule has 0 aliphatic carbocycles. The van der Waals surface area contributed by atoms with Gasteiger partial charge in [0.05, 0.1) is 5.41 Å². The molecule has 0 bridgehead atoms. The van der Waals surface area contributed by atoms with Crippen molar-refractivity contribution in [2.45, 2.75) is 53.1 Å². The summed E-state index contributed by atoms with van der Waals surface area (Å²) in [5, 5.41) is 13.2. The SMILES string of the molecule is CCOC(C)c1noc(CC(CC)(CC)C(=O)O)n1. The highest BCUT2D eigenvalue weighted by molar-refractivity contribution is 5.74. The lowest BCUT2D eigenvalue weighted by Crippen LogP contribution is -2.32. The van der Waals surface area contributed by atoms with Crippen LogP contribution in [0.15, 0.2) is 4.52 Å². The van der Waals surface area contributed by atoms with Crippen molar-refractivity contribution < 1.29 is 19.2 Å². The summed E-state index contributed by atoms with van der Waals surface area (Å²) < 4.78 is 10.5. The summed E-state index contributed by atoms with van der Waals surface area (Å²) >= 11 is 0. The normalized spacial score (nSPS) is 13.5. The van der Waals surface area contributed by atoms with Crippen LogP contribution < -0.4 is 0 Å². The summed E-state index contributed by atoms with van der Waals surface area (Å²) in [6, 6.07) is 0. The van der Waals surface area contributed by atoms with Crippen molar-refractivity contribution in [2.75, 3.05) is 6.61 Å². The summed E-state index contributed by atoms with van der Waals surface area (Å²) in [6.45, 7) is 8.01. The standard InChI is InChI=1S/C13H22N2O4/c1-5-13(6-2,12(16)17)8-10-14-11(15-19-10)9(4)18-7-3/h9H,5-8H2,1-4H3,(H,16,17). The van der Waals surface area contributed by atoms with E-state index >= 15 is 0 Å². The van der Waals surface area contributed by atoms with Gasteiger partial charge in [0, 0.05) is 13.0 Å². The van der Waals surface area contributed by atoms with Crippen LogP contribution in [-0.4, -0.2) is 27.8 Å². The minimum Gasteiger partial charge on any atom is -0.481 e. The third-order valence-corrected chi connectivity index (χ3v) is 3.56. The Bertz CT molecular complexity index is 413. The monoisotopic (exact) mass is 270 g/mol. The Labute approximate surface area is 113 Å². The van der Waals surface area contributed by atoms with E-state index in [-0.39, 0.29) is 12.5 Å². The molecule has 19 heavy (non-hydrogen) atoms. The quantitative estimate of drug-likeness (QED) is 0.781. The van der Waals surface area contributed by atoms with E-state index in [1.54, 1.807) is 0 Å². The van der Waals surface area contributed by atoms with E-state index in [9.17, 15) is 9.90 Å². The van der Waals surface area contributed by atoms with Gasteiger partial charge < -0.3 is 14.4 Å². The molecule has 0 fully saturated rings. The molecule has 0 amide bonds. The van der Waals surface area contributed by atoms with E-state index in [4.69, 9.17) is 9.26 Å². The van der Waals surface area contributed by atoms with Crippen molar-refractivity contribution in [3.05, 3.63) is 11.7 Å². The zero-order chi connectivity index (χ0) is 14.5. The number of hydrogen-bond acceptors (Lipinski definition) is 5. The summed E-state index contributed by atoms with van der Waals surface area (Å²) in [7, 11) is 0. The summed E-state index contributed by atoms with van der Waals surface area (Å²) in [6.07, 6.45) is 1.06. The van der Waals surface area contributed by atoms with Gasteiger partial charge in [-0.1, -0.05) is 19.0 Å². The Morgan fingerprint density at radius 2 is 2.05 bits per heavy atom. The van der Waals surface area contributed by atoms with Gasteiger partial charge in [-0.15, -0.1) is 0 Å². The molecule has 0 spiro atoms. The maximum Gasteiger partial charge on any atom is 0.310 e. The van der Waals surface area contributed by atoms with Crippen LogP contribution in [0.4, 0.5) is 0 Å². The van der Waals surface area contributed by atoms with Gasteiger partial charge in [-0.05, 0) is 26.7 Å². The molecule has 1 unspecified atom stereocenters. The van der Waals surface area contributed by atoms with Crippen LogP contribution in [0.3, 0.4) is 0 Å². The van der Waals surface area contributed by atoms with Crippen LogP contribution in [0.1, 0.15) is 58.4 Å². The number of carboxylic acid groups (broad SMARTS) is 1.